The predicted molar refractivity (Wildman–Crippen MR) is 90.0 cm³/mol. The number of nitrogens with one attached hydrogen (secondary N) is 2. The number of hydrogen-bond acceptors (Lipinski definition) is 5. The van der Waals surface area contributed by atoms with Gasteiger partial charge in [0.2, 0.25) is 0 Å². The van der Waals surface area contributed by atoms with Crippen molar-refractivity contribution in [3.63, 3.8) is 0 Å². The lowest BCUT2D eigenvalue weighted by Gasteiger charge is -2.18. The van der Waals surface area contributed by atoms with Crippen LogP contribution in [0.2, 0.25) is 0 Å². The second kappa shape index (κ2) is 7.87. The van der Waals surface area contributed by atoms with Gasteiger partial charge < -0.3 is 15.4 Å². The number of urea groups is 1. The summed E-state index contributed by atoms with van der Waals surface area (Å²) in [5.74, 6) is -2.66. The molecule has 0 bridgehead atoms. The molecule has 0 saturated carbocycles. The monoisotopic (exact) mass is 401 g/mol. The van der Waals surface area contributed by atoms with E-state index in [0.29, 0.717) is 11.3 Å². The van der Waals surface area contributed by atoms with Crippen molar-refractivity contribution in [3.8, 4) is 0 Å². The number of nitrogens with zero attached hydrogens (tertiary/aromatic N) is 1. The minimum Gasteiger partial charge on any atom is -0.454 e. The Morgan fingerprint density at radius 3 is 2.46 bits per heavy atom. The van der Waals surface area contributed by atoms with E-state index < -0.39 is 59.9 Å². The first kappa shape index (κ1) is 21.2. The van der Waals surface area contributed by atoms with Crippen molar-refractivity contribution in [1.29, 1.82) is 0 Å². The van der Waals surface area contributed by atoms with Gasteiger partial charge >= 0.3 is 18.2 Å². The summed E-state index contributed by atoms with van der Waals surface area (Å²) in [5, 5.41) is 4.46. The van der Waals surface area contributed by atoms with E-state index in [9.17, 15) is 32.3 Å². The van der Waals surface area contributed by atoms with Crippen LogP contribution in [0.1, 0.15) is 25.8 Å². The molecule has 1 aromatic carbocycles. The van der Waals surface area contributed by atoms with Gasteiger partial charge in [-0.3, -0.25) is 19.3 Å². The summed E-state index contributed by atoms with van der Waals surface area (Å²) in [6.45, 7) is 1.60. The van der Waals surface area contributed by atoms with Crippen LogP contribution in [-0.4, -0.2) is 47.4 Å². The number of halogens is 3. The summed E-state index contributed by atoms with van der Waals surface area (Å²) in [5.41, 5.74) is -2.66. The maximum atomic E-state index is 12.9. The van der Waals surface area contributed by atoms with E-state index in [1.54, 1.807) is 6.92 Å². The maximum absolute atomic E-state index is 12.9. The summed E-state index contributed by atoms with van der Waals surface area (Å²) in [6.07, 6.45) is -4.36. The summed E-state index contributed by atoms with van der Waals surface area (Å²) >= 11 is 0. The van der Waals surface area contributed by atoms with E-state index in [0.717, 1.165) is 12.1 Å². The van der Waals surface area contributed by atoms with Gasteiger partial charge in [0.05, 0.1) is 11.3 Å². The Hall–Kier alpha value is -3.11. The molecule has 1 aliphatic rings. The number of esters is 1. The lowest BCUT2D eigenvalue weighted by atomic mass is 9.99. The van der Waals surface area contributed by atoms with Crippen molar-refractivity contribution in [2.45, 2.75) is 32.0 Å². The molecule has 2 rings (SSSR count). The van der Waals surface area contributed by atoms with Crippen LogP contribution >= 0.6 is 0 Å². The number of carbonyl (C=O) groups excluding carboxylic acids is 4. The van der Waals surface area contributed by atoms with Crippen molar-refractivity contribution in [1.82, 2.24) is 10.2 Å². The Morgan fingerprint density at radius 1 is 1.25 bits per heavy atom. The van der Waals surface area contributed by atoms with Crippen molar-refractivity contribution in [2.24, 2.45) is 0 Å². The molecule has 152 valence electrons. The second-order valence-corrected chi connectivity index (χ2v) is 6.26. The average molecular weight is 401 g/mol. The highest BCUT2D eigenvalue weighted by molar-refractivity contribution is 6.08. The molecule has 2 N–H and O–H groups in total. The van der Waals surface area contributed by atoms with Gasteiger partial charge in [-0.15, -0.1) is 0 Å². The number of ether oxygens (including phenoxy) is 1. The largest absolute Gasteiger partial charge is 0.454 e. The highest BCUT2D eigenvalue weighted by Crippen LogP contribution is 2.34. The van der Waals surface area contributed by atoms with Crippen LogP contribution in [0.5, 0.6) is 0 Å². The van der Waals surface area contributed by atoms with Crippen LogP contribution in [0.3, 0.4) is 0 Å². The number of amides is 4. The van der Waals surface area contributed by atoms with Crippen LogP contribution in [0.4, 0.5) is 23.7 Å². The van der Waals surface area contributed by atoms with Crippen molar-refractivity contribution < 1.29 is 37.1 Å². The molecule has 0 aromatic heterocycles. The van der Waals surface area contributed by atoms with Crippen molar-refractivity contribution in [3.05, 3.63) is 29.8 Å². The summed E-state index contributed by atoms with van der Waals surface area (Å²) in [7, 11) is 0. The Morgan fingerprint density at radius 2 is 1.89 bits per heavy atom. The summed E-state index contributed by atoms with van der Waals surface area (Å²) in [4.78, 5) is 48.2. The first-order valence-electron chi connectivity index (χ1n) is 8.23. The number of rotatable bonds is 6. The van der Waals surface area contributed by atoms with E-state index >= 15 is 0 Å². The molecule has 0 unspecified atom stereocenters. The third-order valence-electron chi connectivity index (χ3n) is 4.21. The Labute approximate surface area is 158 Å². The number of para-hydroxylation sites is 1. The maximum Gasteiger partial charge on any atom is 0.418 e. The van der Waals surface area contributed by atoms with Crippen molar-refractivity contribution in [2.75, 3.05) is 18.5 Å². The molecule has 11 heteroatoms. The lowest BCUT2D eigenvalue weighted by molar-refractivity contribution is -0.150. The molecule has 0 radical (unpaired) electrons. The van der Waals surface area contributed by atoms with E-state index in [4.69, 9.17) is 0 Å². The van der Waals surface area contributed by atoms with Crippen LogP contribution in [-0.2, 0) is 25.3 Å². The molecule has 0 aliphatic carbocycles. The minimum atomic E-state index is -4.67. The predicted octanol–water partition coefficient (Wildman–Crippen LogP) is 1.91. The minimum absolute atomic E-state index is 0.310. The van der Waals surface area contributed by atoms with E-state index in [1.807, 2.05) is 5.32 Å². The van der Waals surface area contributed by atoms with Gasteiger partial charge in [-0.2, -0.15) is 13.2 Å². The Bertz CT molecular complexity index is 811. The van der Waals surface area contributed by atoms with Gasteiger partial charge in [0.15, 0.2) is 6.61 Å². The van der Waals surface area contributed by atoms with E-state index in [-0.39, 0.29) is 0 Å². The summed E-state index contributed by atoms with van der Waals surface area (Å²) in [6, 6.07) is 3.56. The Balaban J connectivity index is 1.91. The van der Waals surface area contributed by atoms with Gasteiger partial charge in [-0.1, -0.05) is 19.1 Å². The molecule has 1 aromatic rings. The van der Waals surface area contributed by atoms with Gasteiger partial charge in [-0.25, -0.2) is 4.79 Å². The topological polar surface area (TPSA) is 105 Å². The highest BCUT2D eigenvalue weighted by atomic mass is 19.4. The van der Waals surface area contributed by atoms with E-state index in [1.165, 1.54) is 19.1 Å². The fourth-order valence-electron chi connectivity index (χ4n) is 2.48. The number of hydrogen-bond donors (Lipinski definition) is 2. The molecular weight excluding hydrogens is 383 g/mol. The fraction of sp³-hybridized carbons (Fsp3) is 0.412. The number of benzene rings is 1. The highest BCUT2D eigenvalue weighted by Gasteiger charge is 2.47. The molecule has 28 heavy (non-hydrogen) atoms. The molecule has 8 nitrogen and oxygen atoms in total. The molecule has 1 heterocycles. The zero-order chi connectivity index (χ0) is 21.1. The van der Waals surface area contributed by atoms with Gasteiger partial charge in [0.25, 0.3) is 11.8 Å². The lowest BCUT2D eigenvalue weighted by Crippen LogP contribution is -2.43. The molecular formula is C17H18F3N3O5. The standard InChI is InChI=1S/C17H18F3N3O5/c1-3-16(2)14(26)23(15(27)22-16)8-13(25)28-9-12(24)21-11-7-5-4-6-10(11)17(18,19)20/h4-7H,3,8-9H2,1-2H3,(H,21,24)(H,22,27)/t16-/m0/s1. The second-order valence-electron chi connectivity index (χ2n) is 6.26. The molecule has 1 fully saturated rings. The molecule has 4 amide bonds. The average Bonchev–Trinajstić information content (AvgIpc) is 2.83. The van der Waals surface area contributed by atoms with Gasteiger partial charge in [0, 0.05) is 0 Å². The Kier molecular flexibility index (Phi) is 5.95. The summed E-state index contributed by atoms with van der Waals surface area (Å²) < 4.78 is 43.3. The van der Waals surface area contributed by atoms with Crippen molar-refractivity contribution >= 4 is 29.5 Å². The van der Waals surface area contributed by atoms with Crippen LogP contribution < -0.4 is 10.6 Å². The quantitative estimate of drug-likeness (QED) is 0.560. The van der Waals surface area contributed by atoms with Gasteiger partial charge in [-0.05, 0) is 25.5 Å². The zero-order valence-electron chi connectivity index (χ0n) is 15.1. The zero-order valence-corrected chi connectivity index (χ0v) is 15.1. The third kappa shape index (κ3) is 4.59. The van der Waals surface area contributed by atoms with Crippen LogP contribution in [0.25, 0.3) is 0 Å². The normalized spacial score (nSPS) is 19.4. The van der Waals surface area contributed by atoms with Gasteiger partial charge in [0.1, 0.15) is 12.1 Å². The van der Waals surface area contributed by atoms with Crippen LogP contribution in [0.15, 0.2) is 24.3 Å². The fourth-order valence-corrected chi connectivity index (χ4v) is 2.48. The first-order chi connectivity index (χ1) is 13.0. The molecule has 1 saturated heterocycles. The SMILES string of the molecule is CC[C@]1(C)NC(=O)N(CC(=O)OCC(=O)Nc2ccccc2C(F)(F)F)C1=O. The molecule has 1 atom stereocenters. The number of anilines is 1. The molecule has 0 spiro atoms. The smallest absolute Gasteiger partial charge is 0.418 e. The molecule has 1 aliphatic heterocycles. The number of alkyl halides is 3. The number of carbonyl (C=O) groups is 4. The number of imide groups is 1. The van der Waals surface area contributed by atoms with E-state index in [2.05, 4.69) is 10.1 Å². The first-order valence-corrected chi connectivity index (χ1v) is 8.23. The van der Waals surface area contributed by atoms with Crippen LogP contribution in [0, 0.1) is 0 Å². The third-order valence-corrected chi connectivity index (χ3v) is 4.21.